The van der Waals surface area contributed by atoms with Crippen LogP contribution in [0.5, 0.6) is 0 Å². The summed E-state index contributed by atoms with van der Waals surface area (Å²) < 4.78 is 0. The predicted molar refractivity (Wildman–Crippen MR) is 66.3 cm³/mol. The van der Waals surface area contributed by atoms with Crippen LogP contribution in [0.2, 0.25) is 0 Å². The minimum Gasteiger partial charge on any atom is -0.393 e. The van der Waals surface area contributed by atoms with Crippen LogP contribution in [0.25, 0.3) is 0 Å². The molecular formula is C13H24N2O2. The van der Waals surface area contributed by atoms with Crippen LogP contribution < -0.4 is 11.1 Å². The third-order valence-corrected chi connectivity index (χ3v) is 4.50. The lowest BCUT2D eigenvalue weighted by Crippen LogP contribution is -2.45. The Kier molecular flexibility index (Phi) is 4.05. The molecule has 17 heavy (non-hydrogen) atoms. The van der Waals surface area contributed by atoms with Crippen molar-refractivity contribution in [1.82, 2.24) is 5.32 Å². The lowest BCUT2D eigenvalue weighted by atomic mass is 9.85. The molecule has 0 bridgehead atoms. The van der Waals surface area contributed by atoms with Crippen molar-refractivity contribution in [1.29, 1.82) is 0 Å². The summed E-state index contributed by atoms with van der Waals surface area (Å²) in [6.07, 6.45) is 6.67. The highest BCUT2D eigenvalue weighted by molar-refractivity contribution is 5.83. The zero-order chi connectivity index (χ0) is 12.3. The van der Waals surface area contributed by atoms with Gasteiger partial charge in [-0.1, -0.05) is 12.8 Å². The van der Waals surface area contributed by atoms with Crippen LogP contribution in [0.1, 0.15) is 44.9 Å². The number of hydrogen-bond acceptors (Lipinski definition) is 3. The van der Waals surface area contributed by atoms with Crippen molar-refractivity contribution in [2.75, 3.05) is 13.1 Å². The van der Waals surface area contributed by atoms with Gasteiger partial charge in [0.1, 0.15) is 0 Å². The third kappa shape index (κ3) is 2.80. The van der Waals surface area contributed by atoms with Gasteiger partial charge in [-0.2, -0.15) is 0 Å². The third-order valence-electron chi connectivity index (χ3n) is 4.50. The first-order chi connectivity index (χ1) is 8.16. The highest BCUT2D eigenvalue weighted by atomic mass is 16.3. The molecule has 0 saturated heterocycles. The van der Waals surface area contributed by atoms with Gasteiger partial charge in [0.2, 0.25) is 5.91 Å². The smallest absolute Gasteiger partial charge is 0.227 e. The maximum Gasteiger partial charge on any atom is 0.227 e. The van der Waals surface area contributed by atoms with Crippen molar-refractivity contribution in [3.05, 3.63) is 0 Å². The van der Waals surface area contributed by atoms with E-state index in [2.05, 4.69) is 5.32 Å². The molecule has 0 aromatic heterocycles. The summed E-state index contributed by atoms with van der Waals surface area (Å²) in [6.45, 7) is 1.17. The van der Waals surface area contributed by atoms with Crippen molar-refractivity contribution < 1.29 is 9.90 Å². The van der Waals surface area contributed by atoms with Crippen molar-refractivity contribution in [2.45, 2.75) is 51.0 Å². The average Bonchev–Trinajstić information content (AvgIpc) is 2.95. The molecule has 98 valence electrons. The number of nitrogens with one attached hydrogen (secondary N) is 1. The van der Waals surface area contributed by atoms with Gasteiger partial charge in [0.05, 0.1) is 11.5 Å². The summed E-state index contributed by atoms with van der Waals surface area (Å²) in [4.78, 5) is 12.2. The fourth-order valence-corrected chi connectivity index (χ4v) is 3.23. The molecule has 2 rings (SSSR count). The number of nitrogens with two attached hydrogens (primary N) is 1. The largest absolute Gasteiger partial charge is 0.393 e. The van der Waals surface area contributed by atoms with E-state index in [0.717, 1.165) is 44.9 Å². The van der Waals surface area contributed by atoms with Gasteiger partial charge in [-0.3, -0.25) is 4.79 Å². The van der Waals surface area contributed by atoms with E-state index in [1.54, 1.807) is 0 Å². The van der Waals surface area contributed by atoms with E-state index in [0.29, 0.717) is 19.0 Å². The fourth-order valence-electron chi connectivity index (χ4n) is 3.23. The molecule has 0 aromatic carbocycles. The number of hydrogen-bond donors (Lipinski definition) is 3. The van der Waals surface area contributed by atoms with Crippen LogP contribution in [0.3, 0.4) is 0 Å². The molecule has 0 aromatic rings. The highest BCUT2D eigenvalue weighted by Gasteiger charge is 2.39. The Balaban J connectivity index is 1.80. The van der Waals surface area contributed by atoms with Gasteiger partial charge >= 0.3 is 0 Å². The number of aliphatic hydroxyl groups excluding tert-OH is 1. The van der Waals surface area contributed by atoms with Gasteiger partial charge in [-0.25, -0.2) is 0 Å². The van der Waals surface area contributed by atoms with Gasteiger partial charge in [0.15, 0.2) is 0 Å². The second kappa shape index (κ2) is 5.36. The molecule has 2 unspecified atom stereocenters. The van der Waals surface area contributed by atoms with Crippen LogP contribution in [0.4, 0.5) is 0 Å². The molecule has 0 radical (unpaired) electrons. The number of amides is 1. The average molecular weight is 240 g/mol. The molecule has 0 heterocycles. The molecule has 4 N–H and O–H groups in total. The summed E-state index contributed by atoms with van der Waals surface area (Å²) >= 11 is 0. The first kappa shape index (κ1) is 12.8. The Morgan fingerprint density at radius 2 is 2.06 bits per heavy atom. The predicted octanol–water partition coefficient (Wildman–Crippen LogP) is 0.783. The van der Waals surface area contributed by atoms with E-state index in [9.17, 15) is 9.90 Å². The van der Waals surface area contributed by atoms with Crippen LogP contribution >= 0.6 is 0 Å². The van der Waals surface area contributed by atoms with Gasteiger partial charge in [0, 0.05) is 13.1 Å². The van der Waals surface area contributed by atoms with Crippen molar-refractivity contribution in [3.8, 4) is 0 Å². The van der Waals surface area contributed by atoms with Crippen LogP contribution in [0, 0.1) is 11.3 Å². The first-order valence-electron chi connectivity index (χ1n) is 6.83. The van der Waals surface area contributed by atoms with Crippen LogP contribution in [0.15, 0.2) is 0 Å². The standard InChI is InChI=1S/C13H24N2O2/c14-9-13(5-1-2-6-13)12(17)15-8-10-3-4-11(16)7-10/h10-11,16H,1-9,14H2,(H,15,17). The molecule has 4 heteroatoms. The Morgan fingerprint density at radius 3 is 2.59 bits per heavy atom. The fraction of sp³-hybridized carbons (Fsp3) is 0.923. The maximum absolute atomic E-state index is 12.2. The molecular weight excluding hydrogens is 216 g/mol. The van der Waals surface area contributed by atoms with E-state index in [1.165, 1.54) is 0 Å². The zero-order valence-corrected chi connectivity index (χ0v) is 10.5. The van der Waals surface area contributed by atoms with E-state index >= 15 is 0 Å². The molecule has 0 aliphatic heterocycles. The maximum atomic E-state index is 12.2. The summed E-state index contributed by atoms with van der Waals surface area (Å²) in [6, 6.07) is 0. The second-order valence-electron chi connectivity index (χ2n) is 5.73. The number of carbonyl (C=O) groups is 1. The molecule has 4 nitrogen and oxygen atoms in total. The summed E-state index contributed by atoms with van der Waals surface area (Å²) in [7, 11) is 0. The summed E-state index contributed by atoms with van der Waals surface area (Å²) in [5, 5.41) is 12.5. The van der Waals surface area contributed by atoms with Crippen molar-refractivity contribution >= 4 is 5.91 Å². The molecule has 2 aliphatic carbocycles. The normalized spacial score (nSPS) is 31.6. The Bertz CT molecular complexity index is 275. The quantitative estimate of drug-likeness (QED) is 0.680. The SMILES string of the molecule is NCC1(C(=O)NCC2CCC(O)C2)CCCC1. The van der Waals surface area contributed by atoms with Crippen LogP contribution in [-0.2, 0) is 4.79 Å². The minimum atomic E-state index is -0.294. The second-order valence-corrected chi connectivity index (χ2v) is 5.73. The summed E-state index contributed by atoms with van der Waals surface area (Å²) in [5.74, 6) is 0.587. The van der Waals surface area contributed by atoms with Gasteiger partial charge < -0.3 is 16.2 Å². The monoisotopic (exact) mass is 240 g/mol. The van der Waals surface area contributed by atoms with E-state index in [-0.39, 0.29) is 17.4 Å². The van der Waals surface area contributed by atoms with Crippen molar-refractivity contribution in [3.63, 3.8) is 0 Å². The Hall–Kier alpha value is -0.610. The minimum absolute atomic E-state index is 0.138. The molecule has 2 saturated carbocycles. The van der Waals surface area contributed by atoms with Crippen LogP contribution in [-0.4, -0.2) is 30.2 Å². The highest BCUT2D eigenvalue weighted by Crippen LogP contribution is 2.37. The number of aliphatic hydroxyl groups is 1. The lowest BCUT2D eigenvalue weighted by molar-refractivity contribution is -0.130. The van der Waals surface area contributed by atoms with Gasteiger partial charge in [-0.05, 0) is 38.0 Å². The Morgan fingerprint density at radius 1 is 1.35 bits per heavy atom. The van der Waals surface area contributed by atoms with Gasteiger partial charge in [-0.15, -0.1) is 0 Å². The Labute approximate surface area is 103 Å². The molecule has 0 spiro atoms. The number of rotatable bonds is 4. The van der Waals surface area contributed by atoms with Gasteiger partial charge in [0.25, 0.3) is 0 Å². The van der Waals surface area contributed by atoms with E-state index in [4.69, 9.17) is 5.73 Å². The van der Waals surface area contributed by atoms with Crippen molar-refractivity contribution in [2.24, 2.45) is 17.1 Å². The zero-order valence-electron chi connectivity index (χ0n) is 10.5. The molecule has 2 atom stereocenters. The van der Waals surface area contributed by atoms with E-state index < -0.39 is 0 Å². The molecule has 2 aliphatic rings. The summed E-state index contributed by atoms with van der Waals surface area (Å²) in [5.41, 5.74) is 5.48. The number of carbonyl (C=O) groups excluding carboxylic acids is 1. The topological polar surface area (TPSA) is 75.4 Å². The van der Waals surface area contributed by atoms with E-state index in [1.807, 2.05) is 0 Å². The lowest BCUT2D eigenvalue weighted by Gasteiger charge is -2.26. The molecule has 2 fully saturated rings. The first-order valence-corrected chi connectivity index (χ1v) is 6.83. The molecule has 1 amide bonds.